The van der Waals surface area contributed by atoms with E-state index in [1.54, 1.807) is 6.20 Å². The van der Waals surface area contributed by atoms with Crippen LogP contribution in [0.4, 0.5) is 0 Å². The molecule has 16 heavy (non-hydrogen) atoms. The van der Waals surface area contributed by atoms with Crippen LogP contribution >= 0.6 is 12.4 Å². The van der Waals surface area contributed by atoms with Crippen molar-refractivity contribution in [3.63, 3.8) is 0 Å². The summed E-state index contributed by atoms with van der Waals surface area (Å²) < 4.78 is 0. The third-order valence-electron chi connectivity index (χ3n) is 2.43. The predicted molar refractivity (Wildman–Crippen MR) is 62.6 cm³/mol. The quantitative estimate of drug-likeness (QED) is 0.787. The molecule has 1 saturated heterocycles. The van der Waals surface area contributed by atoms with Gasteiger partial charge in [-0.15, -0.1) is 12.4 Å². The summed E-state index contributed by atoms with van der Waals surface area (Å²) in [5.74, 6) is -0.142. The lowest BCUT2D eigenvalue weighted by Gasteiger charge is -2.23. The van der Waals surface area contributed by atoms with E-state index in [2.05, 4.69) is 20.6 Å². The molecule has 88 valence electrons. The number of rotatable bonds is 2. The van der Waals surface area contributed by atoms with Crippen molar-refractivity contribution >= 4 is 18.3 Å². The van der Waals surface area contributed by atoms with Crippen molar-refractivity contribution in [1.29, 1.82) is 0 Å². The Morgan fingerprint density at radius 2 is 2.38 bits per heavy atom. The molecule has 2 N–H and O–H groups in total. The standard InChI is InChI=1S/C10H14N4O.ClH/c15-10(9-7-12-4-5-13-9)14-8-2-1-3-11-6-8;/h4-5,7-8,11H,1-3,6H2,(H,14,15);1H. The van der Waals surface area contributed by atoms with Crippen molar-refractivity contribution in [2.24, 2.45) is 0 Å². The summed E-state index contributed by atoms with van der Waals surface area (Å²) in [4.78, 5) is 19.5. The molecule has 1 atom stereocenters. The Kier molecular flexibility index (Phi) is 5.14. The lowest BCUT2D eigenvalue weighted by molar-refractivity contribution is 0.0925. The molecule has 6 heteroatoms. The SMILES string of the molecule is Cl.O=C(NC1CCCNC1)c1cnccn1. The summed E-state index contributed by atoms with van der Waals surface area (Å²) in [6, 6.07) is 0.216. The highest BCUT2D eigenvalue weighted by Crippen LogP contribution is 2.02. The number of carbonyl (C=O) groups excluding carboxylic acids is 1. The number of piperidine rings is 1. The van der Waals surface area contributed by atoms with E-state index >= 15 is 0 Å². The van der Waals surface area contributed by atoms with E-state index in [-0.39, 0.29) is 24.4 Å². The molecule has 5 nitrogen and oxygen atoms in total. The van der Waals surface area contributed by atoms with Gasteiger partial charge < -0.3 is 10.6 Å². The monoisotopic (exact) mass is 242 g/mol. The fraction of sp³-hybridized carbons (Fsp3) is 0.500. The predicted octanol–water partition coefficient (Wildman–Crippen LogP) is 0.380. The summed E-state index contributed by atoms with van der Waals surface area (Å²) in [6.45, 7) is 1.88. The number of hydrogen-bond acceptors (Lipinski definition) is 4. The van der Waals surface area contributed by atoms with Crippen LogP contribution in [0.25, 0.3) is 0 Å². The summed E-state index contributed by atoms with van der Waals surface area (Å²) in [5, 5.41) is 6.17. The maximum atomic E-state index is 11.7. The number of nitrogens with one attached hydrogen (secondary N) is 2. The molecular weight excluding hydrogens is 228 g/mol. The van der Waals surface area contributed by atoms with E-state index in [1.807, 2.05) is 0 Å². The Labute approximate surface area is 100 Å². The first-order valence-corrected chi connectivity index (χ1v) is 5.14. The average Bonchev–Trinajstić information content (AvgIpc) is 2.31. The van der Waals surface area contributed by atoms with E-state index in [0.29, 0.717) is 5.69 Å². The average molecular weight is 243 g/mol. The van der Waals surface area contributed by atoms with Gasteiger partial charge in [-0.1, -0.05) is 0 Å². The van der Waals surface area contributed by atoms with Gasteiger partial charge >= 0.3 is 0 Å². The van der Waals surface area contributed by atoms with Gasteiger partial charge in [0, 0.05) is 25.0 Å². The van der Waals surface area contributed by atoms with Crippen LogP contribution in [0, 0.1) is 0 Å². The van der Waals surface area contributed by atoms with Crippen molar-refractivity contribution in [2.45, 2.75) is 18.9 Å². The molecule has 1 fully saturated rings. The second-order valence-corrected chi connectivity index (χ2v) is 3.61. The first-order chi connectivity index (χ1) is 7.36. The lowest BCUT2D eigenvalue weighted by Crippen LogP contribution is -2.45. The maximum absolute atomic E-state index is 11.7. The molecule has 0 aromatic carbocycles. The number of carbonyl (C=O) groups is 1. The van der Waals surface area contributed by atoms with Crippen molar-refractivity contribution < 1.29 is 4.79 Å². The third-order valence-corrected chi connectivity index (χ3v) is 2.43. The highest BCUT2D eigenvalue weighted by molar-refractivity contribution is 5.92. The van der Waals surface area contributed by atoms with Gasteiger partial charge in [0.25, 0.3) is 5.91 Å². The van der Waals surface area contributed by atoms with Gasteiger partial charge in [-0.25, -0.2) is 4.98 Å². The minimum atomic E-state index is -0.142. The zero-order valence-electron chi connectivity index (χ0n) is 8.85. The zero-order chi connectivity index (χ0) is 10.5. The van der Waals surface area contributed by atoms with E-state index in [0.717, 1.165) is 25.9 Å². The molecule has 0 spiro atoms. The Bertz CT molecular complexity index is 327. The van der Waals surface area contributed by atoms with E-state index in [4.69, 9.17) is 0 Å². The Morgan fingerprint density at radius 1 is 1.50 bits per heavy atom. The number of aromatic nitrogens is 2. The molecule has 2 heterocycles. The largest absolute Gasteiger partial charge is 0.347 e. The third kappa shape index (κ3) is 3.43. The van der Waals surface area contributed by atoms with Gasteiger partial charge in [0.15, 0.2) is 0 Å². The number of nitrogens with zero attached hydrogens (tertiary/aromatic N) is 2. The topological polar surface area (TPSA) is 66.9 Å². The Hall–Kier alpha value is -1.20. The Balaban J connectivity index is 0.00000128. The second kappa shape index (κ2) is 6.40. The van der Waals surface area contributed by atoms with Crippen molar-refractivity contribution in [3.05, 3.63) is 24.3 Å². The molecule has 1 aliphatic heterocycles. The summed E-state index contributed by atoms with van der Waals surface area (Å²) >= 11 is 0. The molecule has 1 aromatic heterocycles. The molecular formula is C10H15ClN4O. The molecule has 0 bridgehead atoms. The highest BCUT2D eigenvalue weighted by atomic mass is 35.5. The molecule has 1 amide bonds. The number of hydrogen-bond donors (Lipinski definition) is 2. The van der Waals surface area contributed by atoms with Crippen LogP contribution in [-0.4, -0.2) is 35.0 Å². The van der Waals surface area contributed by atoms with Crippen molar-refractivity contribution in [3.8, 4) is 0 Å². The van der Waals surface area contributed by atoms with Crippen LogP contribution in [-0.2, 0) is 0 Å². The first kappa shape index (κ1) is 12.9. The van der Waals surface area contributed by atoms with Gasteiger partial charge in [0.1, 0.15) is 5.69 Å². The number of halogens is 1. The van der Waals surface area contributed by atoms with E-state index in [9.17, 15) is 4.79 Å². The van der Waals surface area contributed by atoms with E-state index in [1.165, 1.54) is 12.4 Å². The normalized spacial score (nSPS) is 19.6. The summed E-state index contributed by atoms with van der Waals surface area (Å²) in [7, 11) is 0. The zero-order valence-corrected chi connectivity index (χ0v) is 9.67. The number of amides is 1. The van der Waals surface area contributed by atoms with Gasteiger partial charge in [-0.3, -0.25) is 9.78 Å². The van der Waals surface area contributed by atoms with Crippen LogP contribution in [0.15, 0.2) is 18.6 Å². The molecule has 0 saturated carbocycles. The molecule has 1 aromatic rings. The van der Waals surface area contributed by atoms with Crippen LogP contribution in [0.2, 0.25) is 0 Å². The highest BCUT2D eigenvalue weighted by Gasteiger charge is 2.16. The fourth-order valence-electron chi connectivity index (χ4n) is 1.65. The smallest absolute Gasteiger partial charge is 0.271 e. The van der Waals surface area contributed by atoms with Crippen molar-refractivity contribution in [1.82, 2.24) is 20.6 Å². The summed E-state index contributed by atoms with van der Waals surface area (Å²) in [6.07, 6.45) is 6.68. The molecule has 1 aliphatic rings. The summed E-state index contributed by atoms with van der Waals surface area (Å²) in [5.41, 5.74) is 0.378. The fourth-order valence-corrected chi connectivity index (χ4v) is 1.65. The first-order valence-electron chi connectivity index (χ1n) is 5.14. The molecule has 1 unspecified atom stereocenters. The maximum Gasteiger partial charge on any atom is 0.271 e. The van der Waals surface area contributed by atoms with Crippen LogP contribution < -0.4 is 10.6 Å². The van der Waals surface area contributed by atoms with Gasteiger partial charge in [-0.2, -0.15) is 0 Å². The molecule has 0 aliphatic carbocycles. The van der Waals surface area contributed by atoms with Gasteiger partial charge in [-0.05, 0) is 19.4 Å². The van der Waals surface area contributed by atoms with E-state index < -0.39 is 0 Å². The Morgan fingerprint density at radius 3 is 3.00 bits per heavy atom. The molecule has 0 radical (unpaired) electrons. The minimum Gasteiger partial charge on any atom is -0.347 e. The van der Waals surface area contributed by atoms with Crippen LogP contribution in [0.5, 0.6) is 0 Å². The minimum absolute atomic E-state index is 0. The molecule has 2 rings (SSSR count). The van der Waals surface area contributed by atoms with Crippen LogP contribution in [0.3, 0.4) is 0 Å². The van der Waals surface area contributed by atoms with Gasteiger partial charge in [0.2, 0.25) is 0 Å². The van der Waals surface area contributed by atoms with Gasteiger partial charge in [0.05, 0.1) is 6.20 Å². The second-order valence-electron chi connectivity index (χ2n) is 3.61. The van der Waals surface area contributed by atoms with Crippen molar-refractivity contribution in [2.75, 3.05) is 13.1 Å². The van der Waals surface area contributed by atoms with Crippen LogP contribution in [0.1, 0.15) is 23.3 Å². The lowest BCUT2D eigenvalue weighted by atomic mass is 10.1.